The van der Waals surface area contributed by atoms with Crippen LogP contribution < -0.4 is 0 Å². The summed E-state index contributed by atoms with van der Waals surface area (Å²) in [6.07, 6.45) is 75.4. The van der Waals surface area contributed by atoms with E-state index >= 15 is 0 Å². The van der Waals surface area contributed by atoms with Crippen molar-refractivity contribution >= 4 is 17.9 Å². The third-order valence-electron chi connectivity index (χ3n) is 12.1. The van der Waals surface area contributed by atoms with E-state index in [0.717, 1.165) is 116 Å². The maximum Gasteiger partial charge on any atom is 0.306 e. The number of allylic oxidation sites excluding steroid dienone is 16. The van der Waals surface area contributed by atoms with Crippen LogP contribution in [0.25, 0.3) is 0 Å². The SMILES string of the molecule is CC/C=C\C/C=C\C/C=C\C/C=C\CCCCCCCCCCCCC(=O)OCC(COC(=O)CCCCCCC/C=C\CCCC)OC(=O)CCCCCCCCC/C=C\C/C=C\C/C=C\CC. The lowest BCUT2D eigenvalue weighted by atomic mass is 10.1. The summed E-state index contributed by atoms with van der Waals surface area (Å²) in [6.45, 7) is 6.37. The minimum absolute atomic E-state index is 0.0866. The Kier molecular flexibility index (Phi) is 53.9. The average molecular weight is 960 g/mol. The van der Waals surface area contributed by atoms with Crippen LogP contribution in [0.3, 0.4) is 0 Å². The highest BCUT2D eigenvalue weighted by atomic mass is 16.6. The van der Waals surface area contributed by atoms with Crippen molar-refractivity contribution in [1.29, 1.82) is 0 Å². The Morgan fingerprint density at radius 3 is 0.899 bits per heavy atom. The van der Waals surface area contributed by atoms with E-state index in [2.05, 4.69) is 118 Å². The van der Waals surface area contributed by atoms with Gasteiger partial charge < -0.3 is 14.2 Å². The number of esters is 3. The molecule has 0 aliphatic rings. The third kappa shape index (κ3) is 55.1. The molecule has 0 N–H and O–H groups in total. The smallest absolute Gasteiger partial charge is 0.306 e. The molecule has 0 rings (SSSR count). The summed E-state index contributed by atoms with van der Waals surface area (Å²) in [5, 5.41) is 0. The number of ether oxygens (including phenoxy) is 3. The second-order valence-corrected chi connectivity index (χ2v) is 18.8. The summed E-state index contributed by atoms with van der Waals surface area (Å²) >= 11 is 0. The Balaban J connectivity index is 4.33. The number of hydrogen-bond acceptors (Lipinski definition) is 6. The molecule has 0 aromatic carbocycles. The van der Waals surface area contributed by atoms with Crippen LogP contribution in [-0.4, -0.2) is 37.2 Å². The highest BCUT2D eigenvalue weighted by molar-refractivity contribution is 5.71. The molecule has 1 atom stereocenters. The molecule has 6 nitrogen and oxygen atoms in total. The van der Waals surface area contributed by atoms with Crippen molar-refractivity contribution in [1.82, 2.24) is 0 Å². The van der Waals surface area contributed by atoms with Gasteiger partial charge in [0.2, 0.25) is 0 Å². The van der Waals surface area contributed by atoms with Gasteiger partial charge in [-0.2, -0.15) is 0 Å². The van der Waals surface area contributed by atoms with Gasteiger partial charge in [0.1, 0.15) is 13.2 Å². The molecule has 1 unspecified atom stereocenters. The van der Waals surface area contributed by atoms with Crippen LogP contribution in [0.2, 0.25) is 0 Å². The molecule has 394 valence electrons. The van der Waals surface area contributed by atoms with Gasteiger partial charge in [-0.1, -0.05) is 234 Å². The topological polar surface area (TPSA) is 78.9 Å². The number of unbranched alkanes of at least 4 members (excludes halogenated alkanes) is 24. The summed E-state index contributed by atoms with van der Waals surface area (Å²) in [5.74, 6) is -0.908. The first-order valence-corrected chi connectivity index (χ1v) is 28.7. The van der Waals surface area contributed by atoms with E-state index in [4.69, 9.17) is 14.2 Å². The summed E-state index contributed by atoms with van der Waals surface area (Å²) in [6, 6.07) is 0. The number of hydrogen-bond donors (Lipinski definition) is 0. The first-order chi connectivity index (χ1) is 34.0. The van der Waals surface area contributed by atoms with Crippen molar-refractivity contribution in [3.63, 3.8) is 0 Å². The number of carbonyl (C=O) groups excluding carboxylic acids is 3. The standard InChI is InChI=1S/C63H106O6/c1-4-7-10-13-16-19-22-24-26-28-29-30-31-32-33-35-36-38-41-44-47-50-53-56-62(65)68-59-60(58-67-61(64)55-52-49-46-43-40-21-18-15-12-9-6-3)69-63(66)57-54-51-48-45-42-39-37-34-27-25-23-20-17-14-11-8-5-2/h7-8,10-11,15-20,24-27,29-30,60H,4-6,9,12-14,21-23,28,31-59H2,1-3H3/b10-7-,11-8-,18-15-,19-16-,20-17-,26-24-,27-25-,30-29-. The Bertz CT molecular complexity index is 1380. The second kappa shape index (κ2) is 56.9. The molecule has 69 heavy (non-hydrogen) atoms. The van der Waals surface area contributed by atoms with Gasteiger partial charge in [-0.15, -0.1) is 0 Å². The molecular weight excluding hydrogens is 853 g/mol. The Labute approximate surface area is 426 Å². The third-order valence-corrected chi connectivity index (χ3v) is 12.1. The molecule has 0 fully saturated rings. The summed E-state index contributed by atoms with van der Waals surface area (Å²) in [7, 11) is 0. The fourth-order valence-corrected chi connectivity index (χ4v) is 7.78. The van der Waals surface area contributed by atoms with Gasteiger partial charge >= 0.3 is 17.9 Å². The van der Waals surface area contributed by atoms with Crippen molar-refractivity contribution in [2.45, 2.75) is 271 Å². The summed E-state index contributed by atoms with van der Waals surface area (Å²) in [5.41, 5.74) is 0. The van der Waals surface area contributed by atoms with E-state index in [1.54, 1.807) is 0 Å². The molecule has 0 heterocycles. The van der Waals surface area contributed by atoms with Crippen LogP contribution in [0.4, 0.5) is 0 Å². The monoisotopic (exact) mass is 959 g/mol. The largest absolute Gasteiger partial charge is 0.462 e. The van der Waals surface area contributed by atoms with Crippen molar-refractivity contribution in [2.75, 3.05) is 13.2 Å². The first kappa shape index (κ1) is 65.3. The fourth-order valence-electron chi connectivity index (χ4n) is 7.78. The van der Waals surface area contributed by atoms with Crippen LogP contribution in [-0.2, 0) is 28.6 Å². The fraction of sp³-hybridized carbons (Fsp3) is 0.698. The van der Waals surface area contributed by atoms with Crippen molar-refractivity contribution in [3.05, 3.63) is 97.2 Å². The molecule has 0 bridgehead atoms. The van der Waals surface area contributed by atoms with Crippen LogP contribution >= 0.6 is 0 Å². The quantitative estimate of drug-likeness (QED) is 0.0262. The van der Waals surface area contributed by atoms with Gasteiger partial charge in [0, 0.05) is 19.3 Å². The Hall–Kier alpha value is -3.67. The van der Waals surface area contributed by atoms with E-state index < -0.39 is 6.10 Å². The lowest BCUT2D eigenvalue weighted by Gasteiger charge is -2.18. The average Bonchev–Trinajstić information content (AvgIpc) is 3.35. The van der Waals surface area contributed by atoms with Crippen LogP contribution in [0.15, 0.2) is 97.2 Å². The van der Waals surface area contributed by atoms with Gasteiger partial charge in [0.25, 0.3) is 0 Å². The summed E-state index contributed by atoms with van der Waals surface area (Å²) < 4.78 is 16.8. The molecule has 0 aromatic rings. The second-order valence-electron chi connectivity index (χ2n) is 18.8. The molecule has 0 aliphatic heterocycles. The summed E-state index contributed by atoms with van der Waals surface area (Å²) in [4.78, 5) is 38.1. The maximum atomic E-state index is 12.8. The van der Waals surface area contributed by atoms with Crippen molar-refractivity contribution < 1.29 is 28.6 Å². The van der Waals surface area contributed by atoms with Crippen molar-refractivity contribution in [3.8, 4) is 0 Å². The van der Waals surface area contributed by atoms with Crippen LogP contribution in [0, 0.1) is 0 Å². The van der Waals surface area contributed by atoms with Gasteiger partial charge in [-0.25, -0.2) is 0 Å². The van der Waals surface area contributed by atoms with E-state index in [-0.39, 0.29) is 31.1 Å². The lowest BCUT2D eigenvalue weighted by Crippen LogP contribution is -2.30. The minimum atomic E-state index is -0.788. The zero-order chi connectivity index (χ0) is 50.0. The highest BCUT2D eigenvalue weighted by Crippen LogP contribution is 2.15. The van der Waals surface area contributed by atoms with Crippen LogP contribution in [0.5, 0.6) is 0 Å². The highest BCUT2D eigenvalue weighted by Gasteiger charge is 2.19. The molecule has 0 aliphatic carbocycles. The maximum absolute atomic E-state index is 12.8. The molecule has 0 spiro atoms. The van der Waals surface area contributed by atoms with Crippen LogP contribution in [0.1, 0.15) is 265 Å². The van der Waals surface area contributed by atoms with Gasteiger partial charge in [-0.3, -0.25) is 14.4 Å². The minimum Gasteiger partial charge on any atom is -0.462 e. The Morgan fingerprint density at radius 1 is 0.304 bits per heavy atom. The normalized spacial score (nSPS) is 12.8. The first-order valence-electron chi connectivity index (χ1n) is 28.7. The predicted molar refractivity (Wildman–Crippen MR) is 297 cm³/mol. The molecule has 0 radical (unpaired) electrons. The molecule has 0 saturated carbocycles. The molecular formula is C63H106O6. The Morgan fingerprint density at radius 2 is 0.565 bits per heavy atom. The van der Waals surface area contributed by atoms with Gasteiger partial charge in [-0.05, 0) is 109 Å². The van der Waals surface area contributed by atoms with Gasteiger partial charge in [0.05, 0.1) is 0 Å². The van der Waals surface area contributed by atoms with Gasteiger partial charge in [0.15, 0.2) is 6.10 Å². The van der Waals surface area contributed by atoms with E-state index in [0.29, 0.717) is 19.3 Å². The number of carbonyl (C=O) groups is 3. The molecule has 6 heteroatoms. The molecule has 0 saturated heterocycles. The zero-order valence-electron chi connectivity index (χ0n) is 45.0. The van der Waals surface area contributed by atoms with E-state index in [9.17, 15) is 14.4 Å². The number of rotatable bonds is 51. The molecule has 0 aromatic heterocycles. The van der Waals surface area contributed by atoms with E-state index in [1.807, 2.05) is 0 Å². The van der Waals surface area contributed by atoms with E-state index in [1.165, 1.54) is 109 Å². The predicted octanol–water partition coefficient (Wildman–Crippen LogP) is 19.3. The zero-order valence-corrected chi connectivity index (χ0v) is 45.0. The van der Waals surface area contributed by atoms with Crippen molar-refractivity contribution in [2.24, 2.45) is 0 Å². The lowest BCUT2D eigenvalue weighted by molar-refractivity contribution is -0.167. The molecule has 0 amide bonds.